The third-order valence-electron chi connectivity index (χ3n) is 2.56. The van der Waals surface area contributed by atoms with Crippen LogP contribution in [0.3, 0.4) is 0 Å². The van der Waals surface area contributed by atoms with Crippen LogP contribution in [0.4, 0.5) is 5.69 Å². The number of nitrogen functional groups attached to an aromatic ring is 1. The number of methoxy groups -OCH3 is 2. The van der Waals surface area contributed by atoms with Gasteiger partial charge >= 0.3 is 0 Å². The van der Waals surface area contributed by atoms with Crippen LogP contribution in [-0.2, 0) is 0 Å². The molecule has 0 unspecified atom stereocenters. The van der Waals surface area contributed by atoms with Gasteiger partial charge in [-0.3, -0.25) is 0 Å². The van der Waals surface area contributed by atoms with Gasteiger partial charge in [-0.05, 0) is 77.9 Å². The van der Waals surface area contributed by atoms with E-state index in [0.29, 0.717) is 0 Å². The number of hydrogen-bond acceptors (Lipinski definition) is 3. The third-order valence-corrected chi connectivity index (χ3v) is 3.18. The summed E-state index contributed by atoms with van der Waals surface area (Å²) in [4.78, 5) is 0. The zero-order valence-electron chi connectivity index (χ0n) is 12.2. The van der Waals surface area contributed by atoms with Crippen LogP contribution in [0, 0.1) is 17.4 Å². The number of halogens is 1. The van der Waals surface area contributed by atoms with E-state index in [-0.39, 0.29) is 0 Å². The van der Waals surface area contributed by atoms with E-state index in [0.717, 1.165) is 22.7 Å². The van der Waals surface area contributed by atoms with Crippen molar-refractivity contribution in [2.75, 3.05) is 20.0 Å². The molecule has 3 nitrogen and oxygen atoms in total. The predicted octanol–water partition coefficient (Wildman–Crippen LogP) is 4.19. The van der Waals surface area contributed by atoms with E-state index in [1.165, 1.54) is 9.13 Å². The highest BCUT2D eigenvalue weighted by molar-refractivity contribution is 14.1. The lowest BCUT2D eigenvalue weighted by Crippen LogP contribution is -1.88. The Bertz CT molecular complexity index is 478. The van der Waals surface area contributed by atoms with Crippen LogP contribution in [-0.4, -0.2) is 14.2 Å². The summed E-state index contributed by atoms with van der Waals surface area (Å²) in [6, 6.07) is 11.8. The molecule has 0 amide bonds. The summed E-state index contributed by atoms with van der Waals surface area (Å²) < 4.78 is 11.3. The lowest BCUT2D eigenvalue weighted by Gasteiger charge is -2.01. The van der Waals surface area contributed by atoms with Crippen molar-refractivity contribution in [3.8, 4) is 11.5 Å². The van der Waals surface area contributed by atoms with Crippen molar-refractivity contribution in [1.82, 2.24) is 0 Å². The second-order valence-electron chi connectivity index (χ2n) is 4.45. The second-order valence-corrected chi connectivity index (χ2v) is 5.70. The van der Waals surface area contributed by atoms with Crippen LogP contribution in [0.1, 0.15) is 11.1 Å². The quantitative estimate of drug-likeness (QED) is 0.623. The van der Waals surface area contributed by atoms with Crippen molar-refractivity contribution in [2.24, 2.45) is 0 Å². The highest BCUT2D eigenvalue weighted by atomic mass is 127. The molecule has 0 bridgehead atoms. The van der Waals surface area contributed by atoms with Crippen molar-refractivity contribution >= 4 is 28.3 Å². The molecule has 20 heavy (non-hydrogen) atoms. The average molecular weight is 385 g/mol. The first-order valence-corrected chi connectivity index (χ1v) is 7.25. The van der Waals surface area contributed by atoms with Crippen LogP contribution in [0.5, 0.6) is 11.5 Å². The Labute approximate surface area is 134 Å². The molecular weight excluding hydrogens is 365 g/mol. The Kier molecular flexibility index (Phi) is 6.64. The number of rotatable bonds is 2. The molecule has 108 valence electrons. The van der Waals surface area contributed by atoms with E-state index in [1.54, 1.807) is 20.3 Å². The van der Waals surface area contributed by atoms with Gasteiger partial charge in [-0.15, -0.1) is 0 Å². The maximum absolute atomic E-state index is 5.56. The Hall–Kier alpha value is -1.43. The van der Waals surface area contributed by atoms with Gasteiger partial charge in [0.1, 0.15) is 11.5 Å². The molecule has 0 saturated carbocycles. The van der Waals surface area contributed by atoms with E-state index in [2.05, 4.69) is 35.6 Å². The number of nitrogens with two attached hydrogens (primary N) is 1. The van der Waals surface area contributed by atoms with Crippen molar-refractivity contribution in [3.05, 3.63) is 51.1 Å². The first kappa shape index (κ1) is 16.6. The van der Waals surface area contributed by atoms with Crippen molar-refractivity contribution in [1.29, 1.82) is 0 Å². The average Bonchev–Trinajstić information content (AvgIpc) is 2.37. The number of hydrogen-bond donors (Lipinski definition) is 1. The standard InChI is InChI=1S/C8H9IO.C8H11NO/c2*1-6-3-7(9)5-8(4-6)10-2/h3-5H,1-2H3;3-5H,9H2,1-2H3. The monoisotopic (exact) mass is 385 g/mol. The molecular formula is C16H20INO2. The molecule has 0 aliphatic carbocycles. The van der Waals surface area contributed by atoms with E-state index < -0.39 is 0 Å². The Morgan fingerprint density at radius 3 is 1.75 bits per heavy atom. The molecule has 0 aliphatic rings. The van der Waals surface area contributed by atoms with Crippen molar-refractivity contribution in [3.63, 3.8) is 0 Å². The van der Waals surface area contributed by atoms with Gasteiger partial charge in [-0.1, -0.05) is 0 Å². The Balaban J connectivity index is 0.000000200. The van der Waals surface area contributed by atoms with Crippen molar-refractivity contribution < 1.29 is 9.47 Å². The molecule has 2 N–H and O–H groups in total. The summed E-state index contributed by atoms with van der Waals surface area (Å²) in [6.07, 6.45) is 0. The minimum atomic E-state index is 0.747. The van der Waals surface area contributed by atoms with Gasteiger partial charge in [0.15, 0.2) is 0 Å². The van der Waals surface area contributed by atoms with Gasteiger partial charge in [0, 0.05) is 15.3 Å². The molecule has 2 aromatic carbocycles. The predicted molar refractivity (Wildman–Crippen MR) is 92.6 cm³/mol. The summed E-state index contributed by atoms with van der Waals surface area (Å²) >= 11 is 2.27. The number of aryl methyl sites for hydroxylation is 2. The van der Waals surface area contributed by atoms with Crippen LogP contribution < -0.4 is 15.2 Å². The zero-order valence-corrected chi connectivity index (χ0v) is 14.4. The van der Waals surface area contributed by atoms with Crippen LogP contribution in [0.15, 0.2) is 36.4 Å². The first-order valence-electron chi connectivity index (χ1n) is 6.17. The normalized spacial score (nSPS) is 9.45. The first-order chi connectivity index (χ1) is 9.44. The van der Waals surface area contributed by atoms with Crippen LogP contribution in [0.2, 0.25) is 0 Å². The maximum Gasteiger partial charge on any atom is 0.121 e. The zero-order chi connectivity index (χ0) is 15.1. The van der Waals surface area contributed by atoms with Crippen LogP contribution in [0.25, 0.3) is 0 Å². The lowest BCUT2D eigenvalue weighted by atomic mass is 10.2. The number of anilines is 1. The second kappa shape index (κ2) is 7.99. The van der Waals surface area contributed by atoms with Gasteiger partial charge < -0.3 is 15.2 Å². The lowest BCUT2D eigenvalue weighted by molar-refractivity contribution is 0.414. The summed E-state index contributed by atoms with van der Waals surface area (Å²) in [5, 5.41) is 0. The molecule has 0 radical (unpaired) electrons. The fourth-order valence-electron chi connectivity index (χ4n) is 1.72. The molecule has 0 fully saturated rings. The molecule has 0 spiro atoms. The largest absolute Gasteiger partial charge is 0.497 e. The highest BCUT2D eigenvalue weighted by Gasteiger charge is 1.94. The van der Waals surface area contributed by atoms with Gasteiger partial charge in [0.25, 0.3) is 0 Å². The Morgan fingerprint density at radius 1 is 0.800 bits per heavy atom. The molecule has 0 saturated heterocycles. The number of benzene rings is 2. The smallest absolute Gasteiger partial charge is 0.121 e. The highest BCUT2D eigenvalue weighted by Crippen LogP contribution is 2.17. The summed E-state index contributed by atoms with van der Waals surface area (Å²) in [5.74, 6) is 1.75. The SMILES string of the molecule is COc1cc(C)cc(I)c1.COc1cc(C)cc(N)c1. The molecule has 0 heterocycles. The van der Waals surface area contributed by atoms with Gasteiger partial charge in [-0.2, -0.15) is 0 Å². The minimum absolute atomic E-state index is 0.747. The third kappa shape index (κ3) is 5.69. The molecule has 2 rings (SSSR count). The topological polar surface area (TPSA) is 44.5 Å². The van der Waals surface area contributed by atoms with E-state index in [4.69, 9.17) is 15.2 Å². The summed E-state index contributed by atoms with van der Waals surface area (Å²) in [5.41, 5.74) is 8.66. The minimum Gasteiger partial charge on any atom is -0.497 e. The van der Waals surface area contributed by atoms with Gasteiger partial charge in [-0.25, -0.2) is 0 Å². The van der Waals surface area contributed by atoms with Crippen LogP contribution >= 0.6 is 22.6 Å². The van der Waals surface area contributed by atoms with Crippen molar-refractivity contribution in [2.45, 2.75) is 13.8 Å². The fraction of sp³-hybridized carbons (Fsp3) is 0.250. The molecule has 2 aromatic rings. The van der Waals surface area contributed by atoms with E-state index >= 15 is 0 Å². The molecule has 0 aliphatic heterocycles. The van der Waals surface area contributed by atoms with Gasteiger partial charge in [0.05, 0.1) is 14.2 Å². The molecule has 4 heteroatoms. The van der Waals surface area contributed by atoms with E-state index in [1.807, 2.05) is 31.2 Å². The molecule has 0 atom stereocenters. The fourth-order valence-corrected chi connectivity index (χ4v) is 2.51. The summed E-state index contributed by atoms with van der Waals surface area (Å²) in [7, 11) is 3.32. The maximum atomic E-state index is 5.56. The number of ether oxygens (including phenoxy) is 2. The molecule has 0 aromatic heterocycles. The Morgan fingerprint density at radius 2 is 1.30 bits per heavy atom. The summed E-state index contributed by atoms with van der Waals surface area (Å²) in [6.45, 7) is 4.05. The van der Waals surface area contributed by atoms with E-state index in [9.17, 15) is 0 Å². The van der Waals surface area contributed by atoms with Gasteiger partial charge in [0.2, 0.25) is 0 Å².